The Labute approximate surface area is 91.7 Å². The highest BCUT2D eigenvalue weighted by Gasteiger charge is 2.31. The van der Waals surface area contributed by atoms with E-state index in [-0.39, 0.29) is 5.90 Å². The van der Waals surface area contributed by atoms with E-state index in [9.17, 15) is 0 Å². The molecule has 1 aliphatic heterocycles. The molecule has 0 bridgehead atoms. The first-order valence-corrected chi connectivity index (χ1v) is 5.07. The highest BCUT2D eigenvalue weighted by atomic mass is 35.6. The second-order valence-electron chi connectivity index (χ2n) is 2.74. The van der Waals surface area contributed by atoms with Crippen LogP contribution in [0.2, 0.25) is 0 Å². The molecule has 0 saturated carbocycles. The second kappa shape index (κ2) is 4.69. The van der Waals surface area contributed by atoms with Gasteiger partial charge in [0.15, 0.2) is 0 Å². The summed E-state index contributed by atoms with van der Waals surface area (Å²) in [5.41, 5.74) is 0. The molecule has 1 aliphatic rings. The van der Waals surface area contributed by atoms with Crippen molar-refractivity contribution in [3.05, 3.63) is 0 Å². The minimum absolute atomic E-state index is 0.385. The van der Waals surface area contributed by atoms with Gasteiger partial charge in [-0.2, -0.15) is 0 Å². The van der Waals surface area contributed by atoms with Crippen LogP contribution in [0, 0.1) is 5.41 Å². The van der Waals surface area contributed by atoms with Crippen LogP contribution >= 0.6 is 34.8 Å². The largest absolute Gasteiger partial charge is 0.448 e. The Bertz CT molecular complexity index is 187. The molecule has 1 N–H and O–H groups in total. The van der Waals surface area contributed by atoms with Gasteiger partial charge in [-0.1, -0.05) is 34.8 Å². The van der Waals surface area contributed by atoms with E-state index in [4.69, 9.17) is 49.7 Å². The van der Waals surface area contributed by atoms with Gasteiger partial charge < -0.3 is 9.47 Å². The van der Waals surface area contributed by atoms with E-state index in [0.717, 1.165) is 19.3 Å². The zero-order valence-electron chi connectivity index (χ0n) is 6.86. The van der Waals surface area contributed by atoms with E-state index >= 15 is 0 Å². The summed E-state index contributed by atoms with van der Waals surface area (Å²) in [7, 11) is 0. The van der Waals surface area contributed by atoms with Crippen LogP contribution in [0.25, 0.3) is 0 Å². The predicted molar refractivity (Wildman–Crippen MR) is 52.7 cm³/mol. The maximum atomic E-state index is 7.28. The maximum absolute atomic E-state index is 7.28. The highest BCUT2D eigenvalue weighted by molar-refractivity contribution is 6.76. The third-order valence-electron chi connectivity index (χ3n) is 1.64. The molecule has 1 fully saturated rings. The minimum atomic E-state index is -1.79. The number of hydrogen-bond acceptors (Lipinski definition) is 3. The minimum Gasteiger partial charge on any atom is -0.448 e. The molecule has 0 radical (unpaired) electrons. The first-order valence-electron chi connectivity index (χ1n) is 3.94. The molecule has 0 amide bonds. The van der Waals surface area contributed by atoms with Crippen molar-refractivity contribution in [3.8, 4) is 0 Å². The van der Waals surface area contributed by atoms with Gasteiger partial charge in [0.2, 0.25) is 12.2 Å². The lowest BCUT2D eigenvalue weighted by molar-refractivity contribution is -0.114. The Balaban J connectivity index is 2.35. The van der Waals surface area contributed by atoms with Crippen molar-refractivity contribution in [1.29, 1.82) is 5.41 Å². The van der Waals surface area contributed by atoms with E-state index in [1.807, 2.05) is 0 Å². The van der Waals surface area contributed by atoms with Crippen molar-refractivity contribution >= 4 is 40.7 Å². The Morgan fingerprint density at radius 1 is 1.38 bits per heavy atom. The topological polar surface area (TPSA) is 42.3 Å². The van der Waals surface area contributed by atoms with Crippen LogP contribution < -0.4 is 0 Å². The summed E-state index contributed by atoms with van der Waals surface area (Å²) in [4.78, 5) is 0. The number of alkyl halides is 3. The molecule has 76 valence electrons. The first-order chi connectivity index (χ1) is 6.00. The van der Waals surface area contributed by atoms with Crippen molar-refractivity contribution < 1.29 is 9.47 Å². The summed E-state index contributed by atoms with van der Waals surface area (Å²) in [6, 6.07) is 0. The molecule has 13 heavy (non-hydrogen) atoms. The Morgan fingerprint density at radius 2 is 2.08 bits per heavy atom. The van der Waals surface area contributed by atoms with Crippen molar-refractivity contribution in [1.82, 2.24) is 0 Å². The molecule has 1 atom stereocenters. The monoisotopic (exact) mass is 245 g/mol. The van der Waals surface area contributed by atoms with Crippen LogP contribution in [0.3, 0.4) is 0 Å². The number of rotatable bonds is 1. The zero-order chi connectivity index (χ0) is 9.90. The number of halogens is 3. The summed E-state index contributed by atoms with van der Waals surface area (Å²) >= 11 is 16.3. The maximum Gasteiger partial charge on any atom is 0.265 e. The van der Waals surface area contributed by atoms with Gasteiger partial charge in [-0.25, -0.2) is 0 Å². The van der Waals surface area contributed by atoms with Crippen LogP contribution in [-0.2, 0) is 9.47 Å². The van der Waals surface area contributed by atoms with Crippen molar-refractivity contribution in [2.45, 2.75) is 29.3 Å². The van der Waals surface area contributed by atoms with E-state index in [1.165, 1.54) is 0 Å². The van der Waals surface area contributed by atoms with E-state index in [0.29, 0.717) is 6.61 Å². The van der Waals surface area contributed by atoms with Crippen molar-refractivity contribution in [3.63, 3.8) is 0 Å². The fourth-order valence-electron chi connectivity index (χ4n) is 1.00. The van der Waals surface area contributed by atoms with Gasteiger partial charge in [0.05, 0.1) is 6.61 Å². The molecular formula is C7H10Cl3NO2. The quantitative estimate of drug-likeness (QED) is 0.439. The van der Waals surface area contributed by atoms with E-state index < -0.39 is 10.1 Å². The van der Waals surface area contributed by atoms with Crippen molar-refractivity contribution in [2.24, 2.45) is 0 Å². The molecule has 1 heterocycles. The van der Waals surface area contributed by atoms with Crippen LogP contribution in [0.5, 0.6) is 0 Å². The highest BCUT2D eigenvalue weighted by Crippen LogP contribution is 2.29. The standard InChI is InChI=1S/C7H10Cl3NO2/c8-7(9,10)6(11)13-5-3-1-2-4-12-5/h5,11H,1-4H2/t5-/m1/s1. The molecule has 0 aromatic heterocycles. The molecule has 0 aromatic rings. The second-order valence-corrected chi connectivity index (χ2v) is 5.02. The fraction of sp³-hybridized carbons (Fsp3) is 0.857. The average Bonchev–Trinajstić information content (AvgIpc) is 2.04. The van der Waals surface area contributed by atoms with Gasteiger partial charge in [0.25, 0.3) is 3.79 Å². The molecule has 0 aromatic carbocycles. The summed E-state index contributed by atoms with van der Waals surface area (Å²) < 4.78 is 8.43. The summed E-state index contributed by atoms with van der Waals surface area (Å²) in [6.07, 6.45) is 2.33. The summed E-state index contributed by atoms with van der Waals surface area (Å²) in [5, 5.41) is 7.28. The molecule has 1 rings (SSSR count). The lowest BCUT2D eigenvalue weighted by Gasteiger charge is -2.25. The zero-order valence-corrected chi connectivity index (χ0v) is 9.12. The Hall–Kier alpha value is 0.300. The number of ether oxygens (including phenoxy) is 2. The fourth-order valence-corrected chi connectivity index (χ4v) is 1.14. The summed E-state index contributed by atoms with van der Waals surface area (Å²) in [6.45, 7) is 0.637. The van der Waals surface area contributed by atoms with Gasteiger partial charge in [0, 0.05) is 6.42 Å². The van der Waals surface area contributed by atoms with Gasteiger partial charge in [-0.15, -0.1) is 0 Å². The van der Waals surface area contributed by atoms with Gasteiger partial charge >= 0.3 is 0 Å². The molecule has 6 heteroatoms. The van der Waals surface area contributed by atoms with E-state index in [2.05, 4.69) is 0 Å². The van der Waals surface area contributed by atoms with Crippen molar-refractivity contribution in [2.75, 3.05) is 6.61 Å². The third-order valence-corrected chi connectivity index (χ3v) is 2.16. The first kappa shape index (κ1) is 11.4. The SMILES string of the molecule is N=C(O[C@@H]1CCCCO1)C(Cl)(Cl)Cl. The molecule has 0 spiro atoms. The summed E-state index contributed by atoms with van der Waals surface area (Å²) in [5.74, 6) is -0.385. The lowest BCUT2D eigenvalue weighted by Crippen LogP contribution is -2.30. The normalized spacial score (nSPS) is 24.1. The molecular weight excluding hydrogens is 236 g/mol. The van der Waals surface area contributed by atoms with Crippen LogP contribution in [-0.4, -0.2) is 22.6 Å². The van der Waals surface area contributed by atoms with Crippen LogP contribution in [0.1, 0.15) is 19.3 Å². The van der Waals surface area contributed by atoms with Gasteiger partial charge in [-0.05, 0) is 12.8 Å². The van der Waals surface area contributed by atoms with E-state index in [1.54, 1.807) is 0 Å². The number of hydrogen-bond donors (Lipinski definition) is 1. The average molecular weight is 247 g/mol. The van der Waals surface area contributed by atoms with Crippen LogP contribution in [0.4, 0.5) is 0 Å². The molecule has 1 saturated heterocycles. The molecule has 0 unspecified atom stereocenters. The van der Waals surface area contributed by atoms with Gasteiger partial charge in [-0.3, -0.25) is 5.41 Å². The van der Waals surface area contributed by atoms with Gasteiger partial charge in [0.1, 0.15) is 0 Å². The number of nitrogens with one attached hydrogen (secondary N) is 1. The predicted octanol–water partition coefficient (Wildman–Crippen LogP) is 2.88. The Kier molecular flexibility index (Phi) is 4.10. The molecule has 0 aliphatic carbocycles. The molecule has 3 nitrogen and oxygen atoms in total. The van der Waals surface area contributed by atoms with Crippen LogP contribution in [0.15, 0.2) is 0 Å². The smallest absolute Gasteiger partial charge is 0.265 e. The third kappa shape index (κ3) is 3.90. The lowest BCUT2D eigenvalue weighted by atomic mass is 10.2. The Morgan fingerprint density at radius 3 is 2.54 bits per heavy atom.